The first-order valence-electron chi connectivity index (χ1n) is 6.37. The fourth-order valence-corrected chi connectivity index (χ4v) is 1.67. The van der Waals surface area contributed by atoms with Gasteiger partial charge in [-0.3, -0.25) is 19.4 Å². The van der Waals surface area contributed by atoms with Crippen LogP contribution in [-0.2, 0) is 4.79 Å². The molecule has 0 bridgehead atoms. The molecule has 7 nitrogen and oxygen atoms in total. The van der Waals surface area contributed by atoms with Gasteiger partial charge in [0.15, 0.2) is 0 Å². The average Bonchev–Trinajstić information content (AvgIpc) is 2.54. The molecule has 1 aromatic carbocycles. The molecule has 0 aliphatic rings. The van der Waals surface area contributed by atoms with Gasteiger partial charge in [0.1, 0.15) is 6.54 Å². The fraction of sp³-hybridized carbons (Fsp3) is 0.0667. The van der Waals surface area contributed by atoms with Crippen LogP contribution in [0.25, 0.3) is 0 Å². The molecule has 0 aliphatic heterocycles. The molecule has 0 fully saturated rings. The third-order valence-corrected chi connectivity index (χ3v) is 2.75. The van der Waals surface area contributed by atoms with Crippen LogP contribution in [0.4, 0.5) is 5.69 Å². The molecular formula is C15H13N3O4. The van der Waals surface area contributed by atoms with Gasteiger partial charge in [-0.2, -0.15) is 0 Å². The third-order valence-electron chi connectivity index (χ3n) is 2.75. The second-order valence-electron chi connectivity index (χ2n) is 4.34. The van der Waals surface area contributed by atoms with E-state index in [-0.39, 0.29) is 5.91 Å². The Labute approximate surface area is 126 Å². The minimum Gasteiger partial charge on any atom is -0.480 e. The first-order chi connectivity index (χ1) is 10.6. The van der Waals surface area contributed by atoms with Gasteiger partial charge in [-0.25, -0.2) is 0 Å². The van der Waals surface area contributed by atoms with Crippen LogP contribution in [0, 0.1) is 0 Å². The van der Waals surface area contributed by atoms with Crippen molar-refractivity contribution in [2.24, 2.45) is 0 Å². The zero-order chi connectivity index (χ0) is 15.9. The van der Waals surface area contributed by atoms with Crippen molar-refractivity contribution in [3.05, 3.63) is 59.9 Å². The van der Waals surface area contributed by atoms with E-state index in [4.69, 9.17) is 5.11 Å². The van der Waals surface area contributed by atoms with Crippen molar-refractivity contribution in [2.75, 3.05) is 11.9 Å². The summed E-state index contributed by atoms with van der Waals surface area (Å²) in [6.45, 7) is -0.445. The predicted octanol–water partition coefficient (Wildman–Crippen LogP) is 1.15. The highest BCUT2D eigenvalue weighted by Crippen LogP contribution is 2.11. The molecule has 2 rings (SSSR count). The van der Waals surface area contributed by atoms with Crippen molar-refractivity contribution < 1.29 is 19.5 Å². The van der Waals surface area contributed by atoms with E-state index in [1.54, 1.807) is 24.3 Å². The number of amides is 2. The van der Waals surface area contributed by atoms with Gasteiger partial charge in [-0.05, 0) is 36.4 Å². The standard InChI is InChI=1S/C15H13N3O4/c19-13(20)9-17-14(21)10-1-3-12(4-2-10)18-15(22)11-5-7-16-8-6-11/h1-8H,9H2,(H,17,21)(H,18,22)(H,19,20). The maximum absolute atomic E-state index is 11.9. The summed E-state index contributed by atoms with van der Waals surface area (Å²) in [4.78, 5) is 37.8. The number of hydrogen-bond donors (Lipinski definition) is 3. The quantitative estimate of drug-likeness (QED) is 0.767. The fourth-order valence-electron chi connectivity index (χ4n) is 1.67. The number of nitrogens with one attached hydrogen (secondary N) is 2. The number of hydrogen-bond acceptors (Lipinski definition) is 4. The van der Waals surface area contributed by atoms with Crippen molar-refractivity contribution in [1.82, 2.24) is 10.3 Å². The van der Waals surface area contributed by atoms with Gasteiger partial charge in [0, 0.05) is 29.2 Å². The molecule has 1 heterocycles. The van der Waals surface area contributed by atoms with Crippen molar-refractivity contribution >= 4 is 23.5 Å². The number of anilines is 1. The molecule has 0 unspecified atom stereocenters. The number of nitrogens with zero attached hydrogens (tertiary/aromatic N) is 1. The summed E-state index contributed by atoms with van der Waals surface area (Å²) in [6.07, 6.45) is 3.04. The molecule has 112 valence electrons. The second kappa shape index (κ2) is 6.98. The van der Waals surface area contributed by atoms with Crippen LogP contribution in [-0.4, -0.2) is 34.4 Å². The molecule has 0 atom stereocenters. The average molecular weight is 299 g/mol. The number of aliphatic carboxylic acids is 1. The van der Waals surface area contributed by atoms with Gasteiger partial charge >= 0.3 is 5.97 Å². The molecular weight excluding hydrogens is 286 g/mol. The molecule has 0 saturated heterocycles. The Hall–Kier alpha value is -3.22. The number of pyridine rings is 1. The van der Waals surface area contributed by atoms with Crippen LogP contribution in [0.15, 0.2) is 48.8 Å². The lowest BCUT2D eigenvalue weighted by atomic mass is 10.2. The summed E-state index contributed by atoms with van der Waals surface area (Å²) in [6, 6.07) is 9.30. The third kappa shape index (κ3) is 4.14. The minimum absolute atomic E-state index is 0.287. The molecule has 22 heavy (non-hydrogen) atoms. The predicted molar refractivity (Wildman–Crippen MR) is 78.6 cm³/mol. The van der Waals surface area contributed by atoms with Gasteiger partial charge in [-0.15, -0.1) is 0 Å². The molecule has 1 aromatic heterocycles. The van der Waals surface area contributed by atoms with Crippen molar-refractivity contribution in [3.63, 3.8) is 0 Å². The van der Waals surface area contributed by atoms with Crippen LogP contribution < -0.4 is 10.6 Å². The van der Waals surface area contributed by atoms with E-state index in [0.29, 0.717) is 16.8 Å². The Morgan fingerprint density at radius 1 is 0.909 bits per heavy atom. The van der Waals surface area contributed by atoms with Gasteiger partial charge in [-0.1, -0.05) is 0 Å². The Morgan fingerprint density at radius 2 is 1.50 bits per heavy atom. The van der Waals surface area contributed by atoms with Gasteiger partial charge in [0.05, 0.1) is 0 Å². The van der Waals surface area contributed by atoms with E-state index in [2.05, 4.69) is 15.6 Å². The molecule has 0 aliphatic carbocycles. The van der Waals surface area contributed by atoms with Crippen LogP contribution in [0.1, 0.15) is 20.7 Å². The van der Waals surface area contributed by atoms with Crippen molar-refractivity contribution in [1.29, 1.82) is 0 Å². The van der Waals surface area contributed by atoms with Crippen LogP contribution in [0.5, 0.6) is 0 Å². The van der Waals surface area contributed by atoms with Crippen molar-refractivity contribution in [2.45, 2.75) is 0 Å². The van der Waals surface area contributed by atoms with E-state index in [1.807, 2.05) is 0 Å². The van der Waals surface area contributed by atoms with Gasteiger partial charge in [0.25, 0.3) is 11.8 Å². The highest BCUT2D eigenvalue weighted by Gasteiger charge is 2.08. The molecule has 2 aromatic rings. The maximum atomic E-state index is 11.9. The van der Waals surface area contributed by atoms with Crippen LogP contribution in [0.2, 0.25) is 0 Å². The Balaban J connectivity index is 1.98. The monoisotopic (exact) mass is 299 g/mol. The summed E-state index contributed by atoms with van der Waals surface area (Å²) in [5.74, 6) is -1.89. The maximum Gasteiger partial charge on any atom is 0.322 e. The summed E-state index contributed by atoms with van der Waals surface area (Å²) in [5.41, 5.74) is 1.30. The Morgan fingerprint density at radius 3 is 2.09 bits per heavy atom. The highest BCUT2D eigenvalue weighted by atomic mass is 16.4. The molecule has 7 heteroatoms. The molecule has 3 N–H and O–H groups in total. The molecule has 0 saturated carbocycles. The SMILES string of the molecule is O=C(O)CNC(=O)c1ccc(NC(=O)c2ccncc2)cc1. The molecule has 2 amide bonds. The van der Waals surface area contributed by atoms with E-state index in [9.17, 15) is 14.4 Å². The topological polar surface area (TPSA) is 108 Å². The van der Waals surface area contributed by atoms with E-state index in [0.717, 1.165) is 0 Å². The van der Waals surface area contributed by atoms with Gasteiger partial charge < -0.3 is 15.7 Å². The number of carboxylic acid groups (broad SMARTS) is 1. The lowest BCUT2D eigenvalue weighted by Gasteiger charge is -2.06. The zero-order valence-electron chi connectivity index (χ0n) is 11.4. The van der Waals surface area contributed by atoms with E-state index >= 15 is 0 Å². The van der Waals surface area contributed by atoms with Gasteiger partial charge in [0.2, 0.25) is 0 Å². The normalized spacial score (nSPS) is 9.82. The lowest BCUT2D eigenvalue weighted by molar-refractivity contribution is -0.135. The van der Waals surface area contributed by atoms with Crippen LogP contribution >= 0.6 is 0 Å². The smallest absolute Gasteiger partial charge is 0.322 e. The number of benzene rings is 1. The Bertz CT molecular complexity index is 684. The number of carboxylic acids is 1. The largest absolute Gasteiger partial charge is 0.480 e. The summed E-state index contributed by atoms with van der Waals surface area (Å²) in [7, 11) is 0. The Kier molecular flexibility index (Phi) is 4.81. The summed E-state index contributed by atoms with van der Waals surface area (Å²) >= 11 is 0. The minimum atomic E-state index is -1.12. The van der Waals surface area contributed by atoms with E-state index in [1.165, 1.54) is 24.5 Å². The first kappa shape index (κ1) is 15.2. The number of carbonyl (C=O) groups is 3. The number of aromatic nitrogens is 1. The highest BCUT2D eigenvalue weighted by molar-refractivity contribution is 6.04. The number of carbonyl (C=O) groups excluding carboxylic acids is 2. The number of rotatable bonds is 5. The summed E-state index contributed by atoms with van der Waals surface area (Å²) < 4.78 is 0. The van der Waals surface area contributed by atoms with E-state index < -0.39 is 18.4 Å². The zero-order valence-corrected chi connectivity index (χ0v) is 11.4. The second-order valence-corrected chi connectivity index (χ2v) is 4.34. The molecule has 0 spiro atoms. The molecule has 0 radical (unpaired) electrons. The van der Waals surface area contributed by atoms with Crippen molar-refractivity contribution in [3.8, 4) is 0 Å². The summed E-state index contributed by atoms with van der Waals surface area (Å²) in [5, 5.41) is 13.4. The first-order valence-corrected chi connectivity index (χ1v) is 6.37. The van der Waals surface area contributed by atoms with Crippen LogP contribution in [0.3, 0.4) is 0 Å². The lowest BCUT2D eigenvalue weighted by Crippen LogP contribution is -2.29.